The number of aromatic nitrogens is 2. The number of nitrogens with zero attached hydrogens (tertiary/aromatic N) is 5. The largest absolute Gasteiger partial charge is 0.482 e. The van der Waals surface area contributed by atoms with E-state index in [0.717, 1.165) is 17.0 Å². The molecule has 0 aliphatic heterocycles. The van der Waals surface area contributed by atoms with Gasteiger partial charge in [-0.1, -0.05) is 30.3 Å². The smallest absolute Gasteiger partial charge is 0.231 e. The van der Waals surface area contributed by atoms with E-state index >= 15 is 0 Å². The molecule has 0 aliphatic carbocycles. The monoisotopic (exact) mass is 366 g/mol. The minimum atomic E-state index is -0.226. The summed E-state index contributed by atoms with van der Waals surface area (Å²) in [6.07, 6.45) is 3.37. The number of hydrogen-bond donors (Lipinski definition) is 1. The molecule has 0 aliphatic rings. The normalized spacial score (nSPS) is 11.4. The Labute approximate surface area is 158 Å². The molecule has 0 saturated carbocycles. The van der Waals surface area contributed by atoms with Crippen LogP contribution in [0.4, 0.5) is 0 Å². The van der Waals surface area contributed by atoms with Crippen molar-refractivity contribution in [1.82, 2.24) is 14.9 Å². The zero-order valence-electron chi connectivity index (χ0n) is 15.4. The molecule has 0 unspecified atom stereocenters. The van der Waals surface area contributed by atoms with E-state index in [9.17, 15) is 4.79 Å². The fourth-order valence-electron chi connectivity index (χ4n) is 2.26. The van der Waals surface area contributed by atoms with Crippen molar-refractivity contribution in [3.63, 3.8) is 0 Å². The molecular weight excluding hydrogens is 344 g/mol. The summed E-state index contributed by atoms with van der Waals surface area (Å²) in [5.41, 5.74) is 2.68. The molecule has 27 heavy (non-hydrogen) atoms. The van der Waals surface area contributed by atoms with Crippen molar-refractivity contribution in [2.45, 2.75) is 26.3 Å². The second-order valence-electron chi connectivity index (χ2n) is 5.75. The molecule has 8 heteroatoms. The van der Waals surface area contributed by atoms with E-state index in [1.54, 1.807) is 6.33 Å². The molecule has 2 aromatic rings. The summed E-state index contributed by atoms with van der Waals surface area (Å²) >= 11 is 0. The summed E-state index contributed by atoms with van der Waals surface area (Å²) < 4.78 is 7.00. The van der Waals surface area contributed by atoms with Crippen LogP contribution in [0.5, 0.6) is 0 Å². The van der Waals surface area contributed by atoms with Gasteiger partial charge in [-0.05, 0) is 12.5 Å². The number of nitrogens with one attached hydrogen (secondary N) is 1. The van der Waals surface area contributed by atoms with Gasteiger partial charge in [0, 0.05) is 7.05 Å². The number of carbonyl (C=O) groups is 1. The lowest BCUT2D eigenvalue weighted by atomic mass is 10.1. The van der Waals surface area contributed by atoms with Crippen LogP contribution in [0.2, 0.25) is 0 Å². The van der Waals surface area contributed by atoms with E-state index in [-0.39, 0.29) is 31.3 Å². The summed E-state index contributed by atoms with van der Waals surface area (Å²) in [5, 5.41) is 11.2. The van der Waals surface area contributed by atoms with Crippen LogP contribution in [-0.2, 0) is 29.5 Å². The predicted molar refractivity (Wildman–Crippen MR) is 102 cm³/mol. The van der Waals surface area contributed by atoms with Crippen LogP contribution in [0.1, 0.15) is 23.4 Å². The Kier molecular flexibility index (Phi) is 7.72. The van der Waals surface area contributed by atoms with Crippen LogP contribution >= 0.6 is 0 Å². The van der Waals surface area contributed by atoms with E-state index in [0.29, 0.717) is 6.54 Å². The molecule has 0 fully saturated rings. The summed E-state index contributed by atoms with van der Waals surface area (Å²) in [6, 6.07) is 11.4. The standard InChI is InChI=1S/C19H22N6O2/c1-15-17(25(2)13-22-15)12-21-19(23-14-27-10-6-9-20)24-18(26)11-16-7-4-3-5-8-16/h3-5,7-8,13-14H,6,10-12H2,1-2H3,(H,21,24,26). The first-order valence-electron chi connectivity index (χ1n) is 8.46. The third-order valence-electron chi connectivity index (χ3n) is 3.69. The molecule has 0 bridgehead atoms. The highest BCUT2D eigenvalue weighted by molar-refractivity contribution is 6.00. The number of ether oxygens (including phenoxy) is 1. The first-order valence-corrected chi connectivity index (χ1v) is 8.46. The number of amides is 1. The van der Waals surface area contributed by atoms with E-state index in [1.165, 1.54) is 6.40 Å². The van der Waals surface area contributed by atoms with Crippen LogP contribution in [-0.4, -0.2) is 34.4 Å². The lowest BCUT2D eigenvalue weighted by Crippen LogP contribution is -2.31. The Hall–Kier alpha value is -3.47. The molecule has 0 spiro atoms. The summed E-state index contributed by atoms with van der Waals surface area (Å²) in [5.74, 6) is -0.0793. The van der Waals surface area contributed by atoms with Gasteiger partial charge in [0.05, 0.1) is 43.2 Å². The molecular formula is C19H22N6O2. The minimum absolute atomic E-state index is 0.147. The Morgan fingerprint density at radius 2 is 2.19 bits per heavy atom. The zero-order chi connectivity index (χ0) is 19.5. The molecule has 0 atom stereocenters. The number of benzene rings is 1. The van der Waals surface area contributed by atoms with Crippen LogP contribution < -0.4 is 5.32 Å². The topological polar surface area (TPSA) is 105 Å². The second kappa shape index (κ2) is 10.5. The van der Waals surface area contributed by atoms with Crippen LogP contribution in [0.15, 0.2) is 46.6 Å². The average Bonchev–Trinajstić information content (AvgIpc) is 2.98. The highest BCUT2D eigenvalue weighted by atomic mass is 16.5. The number of carbonyl (C=O) groups excluding carboxylic acids is 1. The number of nitriles is 1. The van der Waals surface area contributed by atoms with Crippen LogP contribution in [0, 0.1) is 18.3 Å². The quantitative estimate of drug-likeness (QED) is 0.459. The third-order valence-corrected chi connectivity index (χ3v) is 3.69. The highest BCUT2D eigenvalue weighted by Gasteiger charge is 2.08. The lowest BCUT2D eigenvalue weighted by Gasteiger charge is -2.06. The number of aryl methyl sites for hydroxylation is 2. The minimum Gasteiger partial charge on any atom is -0.482 e. The van der Waals surface area contributed by atoms with Gasteiger partial charge in [-0.25, -0.2) is 9.98 Å². The molecule has 0 saturated heterocycles. The van der Waals surface area contributed by atoms with Gasteiger partial charge < -0.3 is 9.30 Å². The Morgan fingerprint density at radius 3 is 2.85 bits per heavy atom. The van der Waals surface area contributed by atoms with Gasteiger partial charge in [-0.2, -0.15) is 10.3 Å². The zero-order valence-corrected chi connectivity index (χ0v) is 15.4. The van der Waals surface area contributed by atoms with E-state index in [2.05, 4.69) is 20.3 Å². The maximum atomic E-state index is 12.3. The molecule has 2 rings (SSSR count). The third kappa shape index (κ3) is 6.74. The van der Waals surface area contributed by atoms with Crippen LogP contribution in [0.25, 0.3) is 0 Å². The van der Waals surface area contributed by atoms with Gasteiger partial charge in [0.25, 0.3) is 0 Å². The fraction of sp³-hybridized carbons (Fsp3) is 0.316. The molecule has 1 N–H and O–H groups in total. The first kappa shape index (κ1) is 19.8. The Bertz CT molecular complexity index is 829. The molecule has 0 radical (unpaired) electrons. The number of hydrogen-bond acceptors (Lipinski definition) is 5. The number of rotatable bonds is 7. The number of guanidine groups is 1. The maximum Gasteiger partial charge on any atom is 0.231 e. The summed E-state index contributed by atoms with van der Waals surface area (Å²) in [7, 11) is 1.88. The second-order valence-corrected chi connectivity index (χ2v) is 5.75. The van der Waals surface area contributed by atoms with Gasteiger partial charge in [0.15, 0.2) is 6.40 Å². The van der Waals surface area contributed by atoms with Crippen molar-refractivity contribution in [1.29, 1.82) is 5.26 Å². The van der Waals surface area contributed by atoms with Crippen molar-refractivity contribution in [2.75, 3.05) is 6.61 Å². The summed E-state index contributed by atoms with van der Waals surface area (Å²) in [4.78, 5) is 24.9. The lowest BCUT2D eigenvalue weighted by molar-refractivity contribution is -0.119. The van der Waals surface area contributed by atoms with Crippen molar-refractivity contribution >= 4 is 18.3 Å². The number of imidazole rings is 1. The van der Waals surface area contributed by atoms with Gasteiger partial charge in [-0.3, -0.25) is 10.1 Å². The molecule has 8 nitrogen and oxygen atoms in total. The van der Waals surface area contributed by atoms with Crippen molar-refractivity contribution < 1.29 is 9.53 Å². The van der Waals surface area contributed by atoms with Crippen LogP contribution in [0.3, 0.4) is 0 Å². The van der Waals surface area contributed by atoms with Gasteiger partial charge in [0.2, 0.25) is 11.9 Å². The highest BCUT2D eigenvalue weighted by Crippen LogP contribution is 2.06. The van der Waals surface area contributed by atoms with Crippen molar-refractivity contribution in [3.8, 4) is 6.07 Å². The molecule has 1 aromatic heterocycles. The molecule has 1 amide bonds. The Balaban J connectivity index is 2.05. The molecule has 140 valence electrons. The first-order chi connectivity index (χ1) is 13.1. The van der Waals surface area contributed by atoms with E-state index in [4.69, 9.17) is 10.00 Å². The van der Waals surface area contributed by atoms with E-state index in [1.807, 2.05) is 54.9 Å². The predicted octanol–water partition coefficient (Wildman–Crippen LogP) is 1.90. The SMILES string of the molecule is Cc1ncn(C)c1CN=C(N=COCCC#N)NC(=O)Cc1ccccc1. The molecule has 1 aromatic carbocycles. The number of aliphatic imine (C=N–C) groups is 2. The Morgan fingerprint density at radius 1 is 1.41 bits per heavy atom. The van der Waals surface area contributed by atoms with Gasteiger partial charge in [-0.15, -0.1) is 0 Å². The van der Waals surface area contributed by atoms with Crippen molar-refractivity contribution in [3.05, 3.63) is 53.6 Å². The fourth-order valence-corrected chi connectivity index (χ4v) is 2.26. The van der Waals surface area contributed by atoms with E-state index < -0.39 is 0 Å². The maximum absolute atomic E-state index is 12.3. The summed E-state index contributed by atoms with van der Waals surface area (Å²) in [6.45, 7) is 2.44. The molecule has 1 heterocycles. The van der Waals surface area contributed by atoms with Gasteiger partial charge >= 0.3 is 0 Å². The van der Waals surface area contributed by atoms with Gasteiger partial charge in [0.1, 0.15) is 6.61 Å². The average molecular weight is 366 g/mol. The van der Waals surface area contributed by atoms with Crippen molar-refractivity contribution in [2.24, 2.45) is 17.0 Å².